The molecule has 4 aromatic carbocycles. The van der Waals surface area contributed by atoms with Gasteiger partial charge in [-0.1, -0.05) is 110 Å². The molecule has 4 saturated carbocycles. The van der Waals surface area contributed by atoms with E-state index in [9.17, 15) is 0 Å². The Labute approximate surface area is 322 Å². The van der Waals surface area contributed by atoms with Gasteiger partial charge in [-0.25, -0.2) is 0 Å². The zero-order valence-corrected chi connectivity index (χ0v) is 31.8. The van der Waals surface area contributed by atoms with Gasteiger partial charge in [-0.2, -0.15) is 0 Å². The zero-order chi connectivity index (χ0) is 35.4. The van der Waals surface area contributed by atoms with Gasteiger partial charge in [0.25, 0.3) is 0 Å². The molecular formula is C53H53N. The molecule has 0 radical (unpaired) electrons. The summed E-state index contributed by atoms with van der Waals surface area (Å²) < 4.78 is 0. The second-order valence-corrected chi connectivity index (χ2v) is 18.2. The molecular weight excluding hydrogens is 651 g/mol. The van der Waals surface area contributed by atoms with Gasteiger partial charge >= 0.3 is 0 Å². The molecule has 5 atom stereocenters. The molecule has 8 aliphatic rings. The maximum absolute atomic E-state index is 3.03. The molecule has 0 aromatic heterocycles. The van der Waals surface area contributed by atoms with E-state index in [1.54, 1.807) is 39.0 Å². The van der Waals surface area contributed by atoms with Crippen molar-refractivity contribution in [2.75, 3.05) is 4.90 Å². The normalized spacial score (nSPS) is 31.7. The Morgan fingerprint density at radius 1 is 0.648 bits per heavy atom. The standard InChI is InChI=1S/C53H53N/c1-2-13-35-14-6-7-17-42(41(35)16-3-1)36-25-27-38(28-26-36)54(39-29-24-34-12-4-5-15-37(34)32-39)40-30-31-44-46-20-11-22-48-47-21-10-19-45-43-18-8-9-23-49(43)53(51(45)47,52(46)48)50(44)33-40/h4-5,7-12,14-15,17-19,21-24,29,32,36,38,40,44,46,50H,1-3,6,13,16,20,25-28,30-31,33H2. The Kier molecular flexibility index (Phi) is 7.29. The van der Waals surface area contributed by atoms with Crippen LogP contribution in [0.3, 0.4) is 0 Å². The van der Waals surface area contributed by atoms with Gasteiger partial charge in [0.2, 0.25) is 0 Å². The number of anilines is 1. The number of fused-ring (bicyclic) bond motifs is 7. The number of hydrogen-bond acceptors (Lipinski definition) is 1. The predicted molar refractivity (Wildman–Crippen MR) is 226 cm³/mol. The molecule has 12 rings (SSSR count). The maximum atomic E-state index is 3.03. The lowest BCUT2D eigenvalue weighted by Crippen LogP contribution is -2.50. The summed E-state index contributed by atoms with van der Waals surface area (Å²) in [5, 5.41) is 2.74. The van der Waals surface area contributed by atoms with Crippen molar-refractivity contribution in [3.05, 3.63) is 154 Å². The van der Waals surface area contributed by atoms with Crippen LogP contribution in [-0.4, -0.2) is 12.1 Å². The van der Waals surface area contributed by atoms with Crippen LogP contribution in [0, 0.1) is 23.7 Å². The van der Waals surface area contributed by atoms with Gasteiger partial charge in [-0.05, 0) is 186 Å². The van der Waals surface area contributed by atoms with Crippen molar-refractivity contribution in [2.24, 2.45) is 23.7 Å². The van der Waals surface area contributed by atoms with E-state index in [2.05, 4.69) is 120 Å². The second-order valence-electron chi connectivity index (χ2n) is 18.2. The molecule has 1 spiro atoms. The summed E-state index contributed by atoms with van der Waals surface area (Å²) in [6, 6.07) is 34.5. The quantitative estimate of drug-likeness (QED) is 0.205. The van der Waals surface area contributed by atoms with E-state index in [1.807, 2.05) is 5.57 Å². The lowest BCUT2D eigenvalue weighted by Gasteiger charge is -2.49. The minimum absolute atomic E-state index is 0.0486. The lowest BCUT2D eigenvalue weighted by molar-refractivity contribution is 0.169. The van der Waals surface area contributed by atoms with Gasteiger partial charge in [-0.3, -0.25) is 0 Å². The molecule has 0 amide bonds. The number of rotatable bonds is 4. The Morgan fingerprint density at radius 3 is 2.41 bits per heavy atom. The molecule has 1 nitrogen and oxygen atoms in total. The third kappa shape index (κ3) is 4.45. The topological polar surface area (TPSA) is 3.24 Å². The predicted octanol–water partition coefficient (Wildman–Crippen LogP) is 13.5. The van der Waals surface area contributed by atoms with Crippen LogP contribution in [0.25, 0.3) is 27.5 Å². The van der Waals surface area contributed by atoms with Gasteiger partial charge in [0.05, 0.1) is 0 Å². The first-order valence-corrected chi connectivity index (χ1v) is 21.8. The zero-order valence-electron chi connectivity index (χ0n) is 31.8. The van der Waals surface area contributed by atoms with Crippen LogP contribution in [-0.2, 0) is 5.41 Å². The summed E-state index contributed by atoms with van der Waals surface area (Å²) in [5.74, 6) is 2.78. The van der Waals surface area contributed by atoms with Crippen molar-refractivity contribution in [3.63, 3.8) is 0 Å². The van der Waals surface area contributed by atoms with Crippen LogP contribution < -0.4 is 4.90 Å². The van der Waals surface area contributed by atoms with Crippen molar-refractivity contribution in [3.8, 4) is 11.1 Å². The molecule has 8 aliphatic carbocycles. The highest BCUT2D eigenvalue weighted by molar-refractivity contribution is 5.99. The van der Waals surface area contributed by atoms with E-state index in [-0.39, 0.29) is 5.41 Å². The average Bonchev–Trinajstić information content (AvgIpc) is 3.64. The molecule has 0 heterocycles. The Morgan fingerprint density at radius 2 is 1.46 bits per heavy atom. The van der Waals surface area contributed by atoms with Crippen molar-refractivity contribution < 1.29 is 0 Å². The molecule has 5 unspecified atom stereocenters. The summed E-state index contributed by atoms with van der Waals surface area (Å²) in [5.41, 5.74) is 17.9. The third-order valence-electron chi connectivity index (χ3n) is 16.0. The van der Waals surface area contributed by atoms with Gasteiger partial charge < -0.3 is 4.90 Å². The SMILES string of the molecule is C1=CC(C2CCC(N(c3ccc4ccccc4c3)C3CCC4C5CC=CC6=C5C5(c7ccccc7-c7cccc6c75)C4C3)CC2)=C2CCCCCC2=CC1. The van der Waals surface area contributed by atoms with Crippen LogP contribution in [0.2, 0.25) is 0 Å². The molecule has 4 aromatic rings. The first-order chi connectivity index (χ1) is 26.8. The largest absolute Gasteiger partial charge is 0.366 e. The number of hydrogen-bond donors (Lipinski definition) is 0. The highest BCUT2D eigenvalue weighted by Gasteiger charge is 2.66. The monoisotopic (exact) mass is 703 g/mol. The Bertz CT molecular complexity index is 2350. The van der Waals surface area contributed by atoms with E-state index in [0.29, 0.717) is 29.8 Å². The van der Waals surface area contributed by atoms with Gasteiger partial charge in [0.15, 0.2) is 0 Å². The van der Waals surface area contributed by atoms with Crippen molar-refractivity contribution in [1.29, 1.82) is 0 Å². The van der Waals surface area contributed by atoms with Gasteiger partial charge in [0.1, 0.15) is 0 Å². The Hall–Kier alpha value is -4.36. The maximum Gasteiger partial charge on any atom is 0.0473 e. The van der Waals surface area contributed by atoms with E-state index in [4.69, 9.17) is 0 Å². The second kappa shape index (κ2) is 12.3. The fraction of sp³-hybridized carbons (Fsp3) is 0.396. The van der Waals surface area contributed by atoms with Gasteiger partial charge in [-0.15, -0.1) is 0 Å². The van der Waals surface area contributed by atoms with E-state index in [0.717, 1.165) is 12.3 Å². The highest BCUT2D eigenvalue weighted by atomic mass is 15.2. The fourth-order valence-electron chi connectivity index (χ4n) is 14.0. The van der Waals surface area contributed by atoms with Crippen LogP contribution in [0.1, 0.15) is 107 Å². The minimum atomic E-state index is 0.0486. The molecule has 270 valence electrons. The summed E-state index contributed by atoms with van der Waals surface area (Å²) in [6.07, 6.45) is 30.9. The van der Waals surface area contributed by atoms with Crippen molar-refractivity contribution in [1.82, 2.24) is 0 Å². The highest BCUT2D eigenvalue weighted by Crippen LogP contribution is 2.74. The average molecular weight is 704 g/mol. The number of benzene rings is 4. The summed E-state index contributed by atoms with van der Waals surface area (Å²) >= 11 is 0. The van der Waals surface area contributed by atoms with E-state index >= 15 is 0 Å². The first-order valence-electron chi connectivity index (χ1n) is 21.8. The molecule has 0 aliphatic heterocycles. The van der Waals surface area contributed by atoms with Crippen molar-refractivity contribution in [2.45, 2.75) is 107 Å². The number of allylic oxidation sites excluding steroid dienone is 10. The lowest BCUT2D eigenvalue weighted by atomic mass is 9.63. The summed E-state index contributed by atoms with van der Waals surface area (Å²) in [4.78, 5) is 3.03. The number of nitrogens with zero attached hydrogens (tertiary/aromatic N) is 1. The summed E-state index contributed by atoms with van der Waals surface area (Å²) in [6.45, 7) is 0. The Balaban J connectivity index is 0.934. The smallest absolute Gasteiger partial charge is 0.0473 e. The van der Waals surface area contributed by atoms with Crippen LogP contribution in [0.4, 0.5) is 5.69 Å². The molecule has 0 bridgehead atoms. The summed E-state index contributed by atoms with van der Waals surface area (Å²) in [7, 11) is 0. The molecule has 4 fully saturated rings. The molecule has 1 heteroatoms. The molecule has 54 heavy (non-hydrogen) atoms. The third-order valence-corrected chi connectivity index (χ3v) is 16.0. The molecule has 0 N–H and O–H groups in total. The molecule has 0 saturated heterocycles. The first kappa shape index (κ1) is 31.9. The van der Waals surface area contributed by atoms with Gasteiger partial charge in [0, 0.05) is 23.2 Å². The van der Waals surface area contributed by atoms with Crippen LogP contribution in [0.15, 0.2) is 138 Å². The van der Waals surface area contributed by atoms with Crippen LogP contribution in [0.5, 0.6) is 0 Å². The van der Waals surface area contributed by atoms with E-state index < -0.39 is 0 Å². The van der Waals surface area contributed by atoms with Crippen molar-refractivity contribution >= 4 is 22.0 Å². The van der Waals surface area contributed by atoms with Crippen LogP contribution >= 0.6 is 0 Å². The van der Waals surface area contributed by atoms with E-state index in [1.165, 1.54) is 111 Å². The minimum Gasteiger partial charge on any atom is -0.366 e. The fourth-order valence-corrected chi connectivity index (χ4v) is 14.0.